The van der Waals surface area contributed by atoms with Crippen molar-refractivity contribution in [3.63, 3.8) is 0 Å². The number of aldehydes is 1. The van der Waals surface area contributed by atoms with Crippen LogP contribution in [0.3, 0.4) is 0 Å². The van der Waals surface area contributed by atoms with Crippen molar-refractivity contribution in [1.82, 2.24) is 9.97 Å². The highest BCUT2D eigenvalue weighted by atomic mass is 16.1. The van der Waals surface area contributed by atoms with Crippen molar-refractivity contribution in [1.29, 1.82) is 0 Å². The standard InChI is InChI=1S/C11H16N2O/c1-2-3-4-5-10(8-14)11-6-12-9-13-7-11/h6-10H,2-5H2,1H3. The van der Waals surface area contributed by atoms with Crippen LogP contribution in [-0.2, 0) is 4.79 Å². The van der Waals surface area contributed by atoms with E-state index in [-0.39, 0.29) is 5.92 Å². The van der Waals surface area contributed by atoms with Gasteiger partial charge < -0.3 is 4.79 Å². The first-order valence-electron chi connectivity index (χ1n) is 5.08. The first kappa shape index (κ1) is 10.8. The lowest BCUT2D eigenvalue weighted by Gasteiger charge is -2.08. The molecule has 0 fully saturated rings. The van der Waals surface area contributed by atoms with Crippen molar-refractivity contribution in [2.45, 2.75) is 38.5 Å². The van der Waals surface area contributed by atoms with Crippen LogP contribution < -0.4 is 0 Å². The predicted molar refractivity (Wildman–Crippen MR) is 55.0 cm³/mol. The highest BCUT2D eigenvalue weighted by molar-refractivity contribution is 5.61. The summed E-state index contributed by atoms with van der Waals surface area (Å²) in [6.45, 7) is 2.15. The zero-order valence-electron chi connectivity index (χ0n) is 8.52. The molecule has 0 radical (unpaired) electrons. The molecule has 0 saturated heterocycles. The number of carbonyl (C=O) groups is 1. The molecule has 3 heteroatoms. The molecule has 14 heavy (non-hydrogen) atoms. The molecule has 0 aliphatic carbocycles. The van der Waals surface area contributed by atoms with Gasteiger partial charge in [-0.15, -0.1) is 0 Å². The van der Waals surface area contributed by atoms with Gasteiger partial charge in [0.25, 0.3) is 0 Å². The molecular weight excluding hydrogens is 176 g/mol. The summed E-state index contributed by atoms with van der Waals surface area (Å²) in [7, 11) is 0. The number of aromatic nitrogens is 2. The molecule has 0 aliphatic heterocycles. The molecule has 0 aromatic carbocycles. The van der Waals surface area contributed by atoms with Crippen molar-refractivity contribution in [3.8, 4) is 0 Å². The third kappa shape index (κ3) is 3.24. The molecule has 1 aromatic rings. The van der Waals surface area contributed by atoms with E-state index in [1.165, 1.54) is 19.2 Å². The fraction of sp³-hybridized carbons (Fsp3) is 0.545. The van der Waals surface area contributed by atoms with Crippen LogP contribution in [-0.4, -0.2) is 16.3 Å². The van der Waals surface area contributed by atoms with Crippen molar-refractivity contribution in [2.24, 2.45) is 0 Å². The van der Waals surface area contributed by atoms with E-state index in [0.29, 0.717) is 0 Å². The summed E-state index contributed by atoms with van der Waals surface area (Å²) in [5.74, 6) is -0.0252. The van der Waals surface area contributed by atoms with Gasteiger partial charge in [-0.05, 0) is 12.0 Å². The van der Waals surface area contributed by atoms with Crippen molar-refractivity contribution >= 4 is 6.29 Å². The first-order valence-corrected chi connectivity index (χ1v) is 5.08. The average molecular weight is 192 g/mol. The van der Waals surface area contributed by atoms with Gasteiger partial charge in [0, 0.05) is 18.3 Å². The molecule has 0 saturated carbocycles. The van der Waals surface area contributed by atoms with Crippen LogP contribution in [0, 0.1) is 0 Å². The van der Waals surface area contributed by atoms with Crippen LogP contribution in [0.2, 0.25) is 0 Å². The van der Waals surface area contributed by atoms with E-state index in [1.807, 2.05) is 0 Å². The SMILES string of the molecule is CCCCCC(C=O)c1cncnc1. The highest BCUT2D eigenvalue weighted by Crippen LogP contribution is 2.18. The van der Waals surface area contributed by atoms with Crippen LogP contribution >= 0.6 is 0 Å². The lowest BCUT2D eigenvalue weighted by molar-refractivity contribution is -0.109. The third-order valence-corrected chi connectivity index (χ3v) is 2.29. The van der Waals surface area contributed by atoms with Gasteiger partial charge in [0.1, 0.15) is 12.6 Å². The van der Waals surface area contributed by atoms with Crippen LogP contribution in [0.1, 0.15) is 44.1 Å². The maximum absolute atomic E-state index is 10.8. The molecule has 0 amide bonds. The lowest BCUT2D eigenvalue weighted by Crippen LogP contribution is -2.01. The van der Waals surface area contributed by atoms with Gasteiger partial charge in [-0.3, -0.25) is 0 Å². The summed E-state index contributed by atoms with van der Waals surface area (Å²) in [5.41, 5.74) is 0.929. The average Bonchev–Trinajstić information content (AvgIpc) is 2.26. The second-order valence-corrected chi connectivity index (χ2v) is 3.41. The zero-order valence-corrected chi connectivity index (χ0v) is 8.52. The summed E-state index contributed by atoms with van der Waals surface area (Å²) in [5, 5.41) is 0. The molecule has 0 N–H and O–H groups in total. The Morgan fingerprint density at radius 1 is 1.36 bits per heavy atom. The Hall–Kier alpha value is -1.25. The maximum Gasteiger partial charge on any atom is 0.127 e. The Kier molecular flexibility index (Phi) is 4.83. The Balaban J connectivity index is 2.50. The fourth-order valence-electron chi connectivity index (χ4n) is 1.43. The lowest BCUT2D eigenvalue weighted by atomic mass is 9.97. The van der Waals surface area contributed by atoms with Gasteiger partial charge in [-0.2, -0.15) is 0 Å². The molecule has 0 bridgehead atoms. The number of nitrogens with zero attached hydrogens (tertiary/aromatic N) is 2. The summed E-state index contributed by atoms with van der Waals surface area (Å²) >= 11 is 0. The zero-order chi connectivity index (χ0) is 10.2. The third-order valence-electron chi connectivity index (χ3n) is 2.29. The van der Waals surface area contributed by atoms with Gasteiger partial charge in [0.15, 0.2) is 0 Å². The van der Waals surface area contributed by atoms with Gasteiger partial charge in [0.2, 0.25) is 0 Å². The number of hydrogen-bond acceptors (Lipinski definition) is 3. The Bertz CT molecular complexity index is 261. The minimum Gasteiger partial charge on any atom is -0.303 e. The maximum atomic E-state index is 10.8. The quantitative estimate of drug-likeness (QED) is 0.513. The molecule has 0 spiro atoms. The van der Waals surface area contributed by atoms with E-state index in [0.717, 1.165) is 24.7 Å². The van der Waals surface area contributed by atoms with Gasteiger partial charge in [-0.25, -0.2) is 9.97 Å². The summed E-state index contributed by atoms with van der Waals surface area (Å²) in [4.78, 5) is 18.7. The largest absolute Gasteiger partial charge is 0.303 e. The van der Waals surface area contributed by atoms with Crippen molar-refractivity contribution in [2.75, 3.05) is 0 Å². The van der Waals surface area contributed by atoms with Crippen LogP contribution in [0.25, 0.3) is 0 Å². The molecule has 1 rings (SSSR count). The topological polar surface area (TPSA) is 42.9 Å². The molecule has 0 aliphatic rings. The molecule has 1 atom stereocenters. The minimum atomic E-state index is -0.0252. The number of unbranched alkanes of at least 4 members (excludes halogenated alkanes) is 2. The molecule has 76 valence electrons. The Morgan fingerprint density at radius 3 is 2.64 bits per heavy atom. The number of carbonyl (C=O) groups excluding carboxylic acids is 1. The second kappa shape index (κ2) is 6.24. The Morgan fingerprint density at radius 2 is 2.07 bits per heavy atom. The van der Waals surface area contributed by atoms with Crippen LogP contribution in [0.15, 0.2) is 18.7 Å². The second-order valence-electron chi connectivity index (χ2n) is 3.41. The molecule has 1 aromatic heterocycles. The molecule has 1 unspecified atom stereocenters. The smallest absolute Gasteiger partial charge is 0.127 e. The van der Waals surface area contributed by atoms with E-state index in [1.54, 1.807) is 12.4 Å². The van der Waals surface area contributed by atoms with E-state index in [9.17, 15) is 4.79 Å². The van der Waals surface area contributed by atoms with E-state index in [2.05, 4.69) is 16.9 Å². The predicted octanol–water partition coefficient (Wildman–Crippen LogP) is 2.34. The van der Waals surface area contributed by atoms with Crippen molar-refractivity contribution < 1.29 is 4.79 Å². The molecule has 1 heterocycles. The summed E-state index contributed by atoms with van der Waals surface area (Å²) in [6.07, 6.45) is 10.3. The van der Waals surface area contributed by atoms with E-state index >= 15 is 0 Å². The summed E-state index contributed by atoms with van der Waals surface area (Å²) < 4.78 is 0. The van der Waals surface area contributed by atoms with Crippen LogP contribution in [0.5, 0.6) is 0 Å². The molecule has 3 nitrogen and oxygen atoms in total. The first-order chi connectivity index (χ1) is 6.88. The molecular formula is C11H16N2O. The highest BCUT2D eigenvalue weighted by Gasteiger charge is 2.09. The normalized spacial score (nSPS) is 12.4. The Labute approximate surface area is 84.6 Å². The monoisotopic (exact) mass is 192 g/mol. The minimum absolute atomic E-state index is 0.0252. The van der Waals surface area contributed by atoms with Gasteiger partial charge in [0.05, 0.1) is 0 Å². The van der Waals surface area contributed by atoms with Crippen LogP contribution in [0.4, 0.5) is 0 Å². The summed E-state index contributed by atoms with van der Waals surface area (Å²) in [6, 6.07) is 0. The van der Waals surface area contributed by atoms with E-state index in [4.69, 9.17) is 0 Å². The number of hydrogen-bond donors (Lipinski definition) is 0. The number of rotatable bonds is 6. The fourth-order valence-corrected chi connectivity index (χ4v) is 1.43. The van der Waals surface area contributed by atoms with Crippen molar-refractivity contribution in [3.05, 3.63) is 24.3 Å². The van der Waals surface area contributed by atoms with E-state index < -0.39 is 0 Å². The van der Waals surface area contributed by atoms with Gasteiger partial charge in [-0.1, -0.05) is 26.2 Å². The van der Waals surface area contributed by atoms with Gasteiger partial charge >= 0.3 is 0 Å².